The Morgan fingerprint density at radius 1 is 1.50 bits per heavy atom. The van der Waals surface area contributed by atoms with Crippen molar-refractivity contribution in [2.75, 3.05) is 19.6 Å². The van der Waals surface area contributed by atoms with Crippen LogP contribution in [0.15, 0.2) is 24.3 Å². The van der Waals surface area contributed by atoms with Crippen LogP contribution in [0.4, 0.5) is 8.78 Å². The predicted molar refractivity (Wildman–Crippen MR) is 82.4 cm³/mol. The minimum absolute atomic E-state index is 0. The van der Waals surface area contributed by atoms with Gasteiger partial charge in [-0.15, -0.1) is 12.4 Å². The van der Waals surface area contributed by atoms with Gasteiger partial charge < -0.3 is 15.4 Å². The molecular formula is C15H21ClF2N2O2. The largest absolute Gasteiger partial charge is 0.435 e. The van der Waals surface area contributed by atoms with Crippen molar-refractivity contribution >= 4 is 18.3 Å². The maximum Gasteiger partial charge on any atom is 0.387 e. The maximum absolute atomic E-state index is 12.2. The normalized spacial score (nSPS) is 20.9. The zero-order valence-electron chi connectivity index (χ0n) is 12.4. The number of hydrogen-bond donors (Lipinski definition) is 1. The summed E-state index contributed by atoms with van der Waals surface area (Å²) in [5.74, 6) is 0.0601. The standard InChI is InChI=1S/C15H20F2N2O2.ClH/c1-15(9-18)5-6-19(10-15)13(20)8-11-3-2-4-12(7-11)21-14(16)17;/h2-4,7,14H,5-6,8-10,18H2,1H3;1H. The van der Waals surface area contributed by atoms with E-state index in [-0.39, 0.29) is 35.9 Å². The van der Waals surface area contributed by atoms with E-state index in [0.717, 1.165) is 6.42 Å². The number of hydrogen-bond acceptors (Lipinski definition) is 3. The third-order valence-electron chi connectivity index (χ3n) is 3.88. The number of halogens is 3. The minimum atomic E-state index is -2.86. The van der Waals surface area contributed by atoms with Crippen LogP contribution in [0.1, 0.15) is 18.9 Å². The fourth-order valence-corrected chi connectivity index (χ4v) is 2.52. The molecule has 1 saturated heterocycles. The Kier molecular flexibility index (Phi) is 6.56. The van der Waals surface area contributed by atoms with Gasteiger partial charge in [-0.25, -0.2) is 0 Å². The quantitative estimate of drug-likeness (QED) is 0.900. The van der Waals surface area contributed by atoms with Gasteiger partial charge in [0.25, 0.3) is 0 Å². The Morgan fingerprint density at radius 3 is 2.82 bits per heavy atom. The summed E-state index contributed by atoms with van der Waals surface area (Å²) in [4.78, 5) is 14.0. The number of rotatable bonds is 5. The molecule has 0 bridgehead atoms. The van der Waals surface area contributed by atoms with Crippen molar-refractivity contribution in [1.29, 1.82) is 0 Å². The highest BCUT2D eigenvalue weighted by Crippen LogP contribution is 2.29. The van der Waals surface area contributed by atoms with E-state index >= 15 is 0 Å². The Labute approximate surface area is 135 Å². The molecule has 1 amide bonds. The summed E-state index contributed by atoms with van der Waals surface area (Å²) in [5.41, 5.74) is 6.37. The molecule has 0 aliphatic carbocycles. The van der Waals surface area contributed by atoms with Crippen molar-refractivity contribution in [3.8, 4) is 5.75 Å². The molecule has 1 aliphatic rings. The van der Waals surface area contributed by atoms with Crippen LogP contribution in [-0.2, 0) is 11.2 Å². The van der Waals surface area contributed by atoms with Gasteiger partial charge in [0.2, 0.25) is 5.91 Å². The Bertz CT molecular complexity index is 516. The van der Waals surface area contributed by atoms with Crippen molar-refractivity contribution in [2.24, 2.45) is 11.1 Å². The van der Waals surface area contributed by atoms with Gasteiger partial charge in [0.15, 0.2) is 0 Å². The molecule has 0 radical (unpaired) electrons. The fourth-order valence-electron chi connectivity index (χ4n) is 2.52. The van der Waals surface area contributed by atoms with Crippen molar-refractivity contribution in [2.45, 2.75) is 26.4 Å². The maximum atomic E-state index is 12.2. The molecule has 1 aromatic carbocycles. The fraction of sp³-hybridized carbons (Fsp3) is 0.533. The van der Waals surface area contributed by atoms with Crippen molar-refractivity contribution in [3.63, 3.8) is 0 Å². The SMILES string of the molecule is CC1(CN)CCN(C(=O)Cc2cccc(OC(F)F)c2)C1.Cl. The molecule has 1 aliphatic heterocycles. The summed E-state index contributed by atoms with van der Waals surface area (Å²) in [6.07, 6.45) is 1.07. The van der Waals surface area contributed by atoms with Crippen LogP contribution in [0.25, 0.3) is 0 Å². The number of carbonyl (C=O) groups excluding carboxylic acids is 1. The lowest BCUT2D eigenvalue weighted by atomic mass is 9.90. The summed E-state index contributed by atoms with van der Waals surface area (Å²) >= 11 is 0. The second-order valence-electron chi connectivity index (χ2n) is 5.78. The lowest BCUT2D eigenvalue weighted by molar-refractivity contribution is -0.129. The summed E-state index contributed by atoms with van der Waals surface area (Å²) in [6, 6.07) is 6.26. The van der Waals surface area contributed by atoms with Gasteiger partial charge >= 0.3 is 6.61 Å². The van der Waals surface area contributed by atoms with Gasteiger partial charge in [0.05, 0.1) is 6.42 Å². The van der Waals surface area contributed by atoms with Gasteiger partial charge in [-0.3, -0.25) is 4.79 Å². The molecule has 4 nitrogen and oxygen atoms in total. The first-order valence-electron chi connectivity index (χ1n) is 6.93. The van der Waals surface area contributed by atoms with E-state index in [2.05, 4.69) is 11.7 Å². The first-order valence-corrected chi connectivity index (χ1v) is 6.93. The molecule has 22 heavy (non-hydrogen) atoms. The third kappa shape index (κ3) is 4.81. The van der Waals surface area contributed by atoms with Crippen LogP contribution in [0.5, 0.6) is 5.75 Å². The highest BCUT2D eigenvalue weighted by Gasteiger charge is 2.34. The molecule has 0 aromatic heterocycles. The van der Waals surface area contributed by atoms with Crippen LogP contribution in [-0.4, -0.2) is 37.1 Å². The number of amides is 1. The minimum Gasteiger partial charge on any atom is -0.435 e. The molecule has 0 saturated carbocycles. The smallest absolute Gasteiger partial charge is 0.387 e. The van der Waals surface area contributed by atoms with Crippen molar-refractivity contribution in [1.82, 2.24) is 4.90 Å². The Hall–Kier alpha value is -1.40. The first kappa shape index (κ1) is 18.6. The number of alkyl halides is 2. The van der Waals surface area contributed by atoms with E-state index in [4.69, 9.17) is 5.73 Å². The molecule has 124 valence electrons. The van der Waals surface area contributed by atoms with Crippen LogP contribution in [0.3, 0.4) is 0 Å². The van der Waals surface area contributed by atoms with E-state index < -0.39 is 6.61 Å². The van der Waals surface area contributed by atoms with Crippen molar-refractivity contribution < 1.29 is 18.3 Å². The second-order valence-corrected chi connectivity index (χ2v) is 5.78. The number of carbonyl (C=O) groups is 1. The van der Waals surface area contributed by atoms with E-state index in [1.807, 2.05) is 0 Å². The van der Waals surface area contributed by atoms with E-state index in [0.29, 0.717) is 25.2 Å². The summed E-state index contributed by atoms with van der Waals surface area (Å²) < 4.78 is 28.7. The molecule has 7 heteroatoms. The summed E-state index contributed by atoms with van der Waals surface area (Å²) in [5, 5.41) is 0. The number of benzene rings is 1. The van der Waals surface area contributed by atoms with Gasteiger partial charge in [0, 0.05) is 13.1 Å². The number of nitrogens with two attached hydrogens (primary N) is 1. The average Bonchev–Trinajstić information content (AvgIpc) is 2.82. The Balaban J connectivity index is 0.00000242. The van der Waals surface area contributed by atoms with E-state index in [9.17, 15) is 13.6 Å². The third-order valence-corrected chi connectivity index (χ3v) is 3.88. The lowest BCUT2D eigenvalue weighted by Crippen LogP contribution is -2.35. The van der Waals surface area contributed by atoms with Gasteiger partial charge in [-0.1, -0.05) is 19.1 Å². The Morgan fingerprint density at radius 2 is 2.23 bits per heavy atom. The van der Waals surface area contributed by atoms with Gasteiger partial charge in [0.1, 0.15) is 5.75 Å². The second kappa shape index (κ2) is 7.74. The molecule has 1 atom stereocenters. The van der Waals surface area contributed by atoms with Gasteiger partial charge in [-0.2, -0.15) is 8.78 Å². The zero-order valence-corrected chi connectivity index (χ0v) is 13.2. The highest BCUT2D eigenvalue weighted by molar-refractivity contribution is 5.85. The molecule has 2 rings (SSSR count). The topological polar surface area (TPSA) is 55.6 Å². The molecule has 1 fully saturated rings. The van der Waals surface area contributed by atoms with E-state index in [1.165, 1.54) is 12.1 Å². The van der Waals surface area contributed by atoms with E-state index in [1.54, 1.807) is 17.0 Å². The molecule has 1 unspecified atom stereocenters. The number of ether oxygens (including phenoxy) is 1. The lowest BCUT2D eigenvalue weighted by Gasteiger charge is -2.22. The zero-order chi connectivity index (χ0) is 15.5. The summed E-state index contributed by atoms with van der Waals surface area (Å²) in [6.45, 7) is 1.10. The molecular weight excluding hydrogens is 314 g/mol. The predicted octanol–water partition coefficient (Wildman–Crippen LogP) is 2.45. The van der Waals surface area contributed by atoms with Crippen molar-refractivity contribution in [3.05, 3.63) is 29.8 Å². The monoisotopic (exact) mass is 334 g/mol. The van der Waals surface area contributed by atoms with Crippen LogP contribution < -0.4 is 10.5 Å². The molecule has 1 aromatic rings. The van der Waals surface area contributed by atoms with Crippen LogP contribution >= 0.6 is 12.4 Å². The molecule has 0 spiro atoms. The van der Waals surface area contributed by atoms with Crippen LogP contribution in [0, 0.1) is 5.41 Å². The van der Waals surface area contributed by atoms with Gasteiger partial charge in [-0.05, 0) is 36.1 Å². The average molecular weight is 335 g/mol. The van der Waals surface area contributed by atoms with Crippen LogP contribution in [0.2, 0.25) is 0 Å². The molecule has 2 N–H and O–H groups in total. The first-order chi connectivity index (χ1) is 9.92. The number of nitrogens with zero attached hydrogens (tertiary/aromatic N) is 1. The summed E-state index contributed by atoms with van der Waals surface area (Å²) in [7, 11) is 0. The highest BCUT2D eigenvalue weighted by atomic mass is 35.5. The number of likely N-dealkylation sites (tertiary alicyclic amines) is 1. The molecule has 1 heterocycles.